The predicted octanol–water partition coefficient (Wildman–Crippen LogP) is 2.68. The van der Waals surface area contributed by atoms with Crippen LogP contribution in [0, 0.1) is 5.82 Å². The molecule has 22 heavy (non-hydrogen) atoms. The van der Waals surface area contributed by atoms with Gasteiger partial charge in [-0.15, -0.1) is 0 Å². The number of benzene rings is 2. The van der Waals surface area contributed by atoms with Crippen LogP contribution in [0.2, 0.25) is 0 Å². The molecule has 2 N–H and O–H groups in total. The van der Waals surface area contributed by atoms with Crippen LogP contribution in [0.25, 0.3) is 0 Å². The number of amides is 2. The summed E-state index contributed by atoms with van der Waals surface area (Å²) in [6, 6.07) is 12.7. The summed E-state index contributed by atoms with van der Waals surface area (Å²) in [5.41, 5.74) is 2.70. The van der Waals surface area contributed by atoms with Crippen molar-refractivity contribution in [1.82, 2.24) is 5.43 Å². The lowest BCUT2D eigenvalue weighted by atomic mass is 10.2. The second-order valence-electron chi connectivity index (χ2n) is 4.19. The molecule has 112 valence electrons. The van der Waals surface area contributed by atoms with Gasteiger partial charge in [0.2, 0.25) is 0 Å². The number of hydrogen-bond donors (Lipinski definition) is 2. The maximum absolute atomic E-state index is 13.3. The number of hydrogen-bond acceptors (Lipinski definition) is 3. The molecular weight excluding hydrogens is 353 g/mol. The Labute approximate surface area is 134 Å². The van der Waals surface area contributed by atoms with Crippen LogP contribution in [0.15, 0.2) is 58.1 Å². The van der Waals surface area contributed by atoms with E-state index in [9.17, 15) is 14.0 Å². The Morgan fingerprint density at radius 3 is 2.59 bits per heavy atom. The van der Waals surface area contributed by atoms with Crippen molar-refractivity contribution in [3.05, 3.63) is 64.4 Å². The van der Waals surface area contributed by atoms with Gasteiger partial charge in [-0.05, 0) is 24.3 Å². The van der Waals surface area contributed by atoms with Gasteiger partial charge in [-0.1, -0.05) is 40.2 Å². The summed E-state index contributed by atoms with van der Waals surface area (Å²) in [6.45, 7) is 0. The second kappa shape index (κ2) is 7.46. The normalized spacial score (nSPS) is 10.5. The van der Waals surface area contributed by atoms with E-state index in [2.05, 4.69) is 26.3 Å². The fourth-order valence-corrected chi connectivity index (χ4v) is 1.94. The first kappa shape index (κ1) is 15.8. The second-order valence-corrected chi connectivity index (χ2v) is 5.10. The molecule has 0 aliphatic carbocycles. The summed E-state index contributed by atoms with van der Waals surface area (Å²) in [6.07, 6.45) is 1.12. The molecule has 0 heterocycles. The third kappa shape index (κ3) is 4.49. The van der Waals surface area contributed by atoms with Crippen LogP contribution >= 0.6 is 15.9 Å². The SMILES string of the molecule is O=C(N/N=C\c1ccccc1F)C(=O)Nc1cccc(Br)c1. The molecule has 0 saturated carbocycles. The minimum Gasteiger partial charge on any atom is -0.318 e. The van der Waals surface area contributed by atoms with Crippen molar-refractivity contribution in [2.24, 2.45) is 5.10 Å². The Morgan fingerprint density at radius 1 is 1.09 bits per heavy atom. The van der Waals surface area contributed by atoms with Crippen molar-refractivity contribution < 1.29 is 14.0 Å². The van der Waals surface area contributed by atoms with Gasteiger partial charge in [0.05, 0.1) is 6.21 Å². The first-order valence-corrected chi connectivity index (χ1v) is 7.00. The van der Waals surface area contributed by atoms with Gasteiger partial charge in [-0.25, -0.2) is 9.82 Å². The van der Waals surface area contributed by atoms with Gasteiger partial charge in [0.1, 0.15) is 5.82 Å². The number of nitrogens with one attached hydrogen (secondary N) is 2. The fourth-order valence-electron chi connectivity index (χ4n) is 1.55. The van der Waals surface area contributed by atoms with Crippen molar-refractivity contribution in [3.63, 3.8) is 0 Å². The highest BCUT2D eigenvalue weighted by molar-refractivity contribution is 9.10. The van der Waals surface area contributed by atoms with Crippen molar-refractivity contribution in [3.8, 4) is 0 Å². The highest BCUT2D eigenvalue weighted by Crippen LogP contribution is 2.15. The summed E-state index contributed by atoms with van der Waals surface area (Å²) in [4.78, 5) is 23.2. The van der Waals surface area contributed by atoms with Crippen LogP contribution in [-0.2, 0) is 9.59 Å². The smallest absolute Gasteiger partial charge is 0.318 e. The van der Waals surface area contributed by atoms with Crippen LogP contribution in [0.4, 0.5) is 10.1 Å². The number of anilines is 1. The first-order valence-electron chi connectivity index (χ1n) is 6.21. The van der Waals surface area contributed by atoms with E-state index in [4.69, 9.17) is 0 Å². The van der Waals surface area contributed by atoms with E-state index in [0.29, 0.717) is 5.69 Å². The molecule has 7 heteroatoms. The van der Waals surface area contributed by atoms with Crippen molar-refractivity contribution in [2.45, 2.75) is 0 Å². The Bertz CT molecular complexity index is 734. The van der Waals surface area contributed by atoms with Crippen LogP contribution < -0.4 is 10.7 Å². The molecule has 0 bridgehead atoms. The minimum atomic E-state index is -0.951. The van der Waals surface area contributed by atoms with Gasteiger partial charge in [-0.3, -0.25) is 9.59 Å². The zero-order chi connectivity index (χ0) is 15.9. The summed E-state index contributed by atoms with van der Waals surface area (Å²) >= 11 is 3.25. The molecule has 2 aromatic carbocycles. The predicted molar refractivity (Wildman–Crippen MR) is 84.9 cm³/mol. The first-order chi connectivity index (χ1) is 10.6. The molecule has 5 nitrogen and oxygen atoms in total. The van der Waals surface area contributed by atoms with E-state index in [-0.39, 0.29) is 5.56 Å². The molecule has 0 spiro atoms. The Hall–Kier alpha value is -2.54. The number of carbonyl (C=O) groups is 2. The molecule has 2 rings (SSSR count). The standard InChI is InChI=1S/C15H11BrFN3O2/c16-11-5-3-6-12(8-11)19-14(21)15(22)20-18-9-10-4-1-2-7-13(10)17/h1-9H,(H,19,21)(H,20,22)/b18-9-. The van der Waals surface area contributed by atoms with Gasteiger partial charge >= 0.3 is 11.8 Å². The number of halogens is 2. The molecule has 0 unspecified atom stereocenters. The van der Waals surface area contributed by atoms with Crippen molar-refractivity contribution >= 4 is 39.6 Å². The van der Waals surface area contributed by atoms with E-state index < -0.39 is 17.6 Å². The molecule has 0 atom stereocenters. The number of rotatable bonds is 3. The monoisotopic (exact) mass is 363 g/mol. The van der Waals surface area contributed by atoms with Crippen LogP contribution in [0.3, 0.4) is 0 Å². The van der Waals surface area contributed by atoms with Gasteiger partial charge in [-0.2, -0.15) is 5.10 Å². The van der Waals surface area contributed by atoms with Gasteiger partial charge in [0.25, 0.3) is 0 Å². The van der Waals surface area contributed by atoms with E-state index in [1.807, 2.05) is 5.43 Å². The topological polar surface area (TPSA) is 70.6 Å². The maximum atomic E-state index is 13.3. The average Bonchev–Trinajstić information content (AvgIpc) is 2.49. The van der Waals surface area contributed by atoms with E-state index in [1.54, 1.807) is 30.3 Å². The minimum absolute atomic E-state index is 0.204. The summed E-state index contributed by atoms with van der Waals surface area (Å²) < 4.78 is 14.1. The fraction of sp³-hybridized carbons (Fsp3) is 0. The molecule has 0 saturated heterocycles. The van der Waals surface area contributed by atoms with E-state index in [1.165, 1.54) is 18.2 Å². The van der Waals surface area contributed by atoms with Crippen LogP contribution in [-0.4, -0.2) is 18.0 Å². The van der Waals surface area contributed by atoms with Crippen molar-refractivity contribution in [1.29, 1.82) is 0 Å². The summed E-state index contributed by atoms with van der Waals surface area (Å²) in [5.74, 6) is -2.30. The zero-order valence-corrected chi connectivity index (χ0v) is 12.8. The number of nitrogens with zero attached hydrogens (tertiary/aromatic N) is 1. The van der Waals surface area contributed by atoms with E-state index in [0.717, 1.165) is 10.7 Å². The molecular formula is C15H11BrFN3O2. The molecule has 2 aromatic rings. The Kier molecular flexibility index (Phi) is 5.37. The van der Waals surface area contributed by atoms with E-state index >= 15 is 0 Å². The highest BCUT2D eigenvalue weighted by Gasteiger charge is 2.12. The molecule has 0 aliphatic heterocycles. The van der Waals surface area contributed by atoms with Crippen molar-refractivity contribution in [2.75, 3.05) is 5.32 Å². The van der Waals surface area contributed by atoms with Crippen LogP contribution in [0.1, 0.15) is 5.56 Å². The Balaban J connectivity index is 1.92. The average molecular weight is 364 g/mol. The lowest BCUT2D eigenvalue weighted by Gasteiger charge is -2.04. The summed E-state index contributed by atoms with van der Waals surface area (Å²) in [7, 11) is 0. The lowest BCUT2D eigenvalue weighted by molar-refractivity contribution is -0.136. The van der Waals surface area contributed by atoms with Crippen LogP contribution in [0.5, 0.6) is 0 Å². The quantitative estimate of drug-likeness (QED) is 0.500. The number of carbonyl (C=O) groups excluding carboxylic acids is 2. The Morgan fingerprint density at radius 2 is 1.86 bits per heavy atom. The van der Waals surface area contributed by atoms with Gasteiger partial charge in [0.15, 0.2) is 0 Å². The molecule has 0 fully saturated rings. The lowest BCUT2D eigenvalue weighted by Crippen LogP contribution is -2.32. The molecule has 0 radical (unpaired) electrons. The van der Waals surface area contributed by atoms with Gasteiger partial charge < -0.3 is 5.32 Å². The van der Waals surface area contributed by atoms with Gasteiger partial charge in [0, 0.05) is 15.7 Å². The zero-order valence-electron chi connectivity index (χ0n) is 11.2. The third-order valence-electron chi connectivity index (χ3n) is 2.56. The highest BCUT2D eigenvalue weighted by atomic mass is 79.9. The molecule has 2 amide bonds. The number of hydrazone groups is 1. The maximum Gasteiger partial charge on any atom is 0.329 e. The molecule has 0 aromatic heterocycles. The third-order valence-corrected chi connectivity index (χ3v) is 3.06. The summed E-state index contributed by atoms with van der Waals surface area (Å²) in [5, 5.41) is 5.96. The molecule has 0 aliphatic rings. The largest absolute Gasteiger partial charge is 0.329 e.